The predicted molar refractivity (Wildman–Crippen MR) is 122 cm³/mol. The number of hydrogen-bond acceptors (Lipinski definition) is 7. The molecule has 4 N–H and O–H groups in total. The molecule has 2 fully saturated rings. The molecular weight excluding hydrogens is 422 g/mol. The molecule has 1 aliphatic heterocycles. The minimum Gasteiger partial charge on any atom is -0.489 e. The number of allylic oxidation sites excluding steroid dienone is 3. The number of aliphatic hydroxyl groups excluding tert-OH is 1. The van der Waals surface area contributed by atoms with Gasteiger partial charge in [0.15, 0.2) is 5.82 Å². The SMILES string of the molecule is CC(C)Oc1ccc(-c2nc(C3C=CC=C4C3CC[C@@H]4NC(=O)N3CC(O)C3)no2)cc1N. The lowest BCUT2D eigenvalue weighted by Gasteiger charge is -2.36. The number of amides is 2. The van der Waals surface area contributed by atoms with E-state index in [9.17, 15) is 9.90 Å². The number of carbonyl (C=O) groups is 1. The molecule has 1 aromatic carbocycles. The average molecular weight is 452 g/mol. The van der Waals surface area contributed by atoms with Gasteiger partial charge in [-0.25, -0.2) is 4.79 Å². The minimum absolute atomic E-state index is 0.0175. The Hall–Kier alpha value is -3.33. The number of aliphatic hydroxyl groups is 1. The normalized spacial score (nSPS) is 24.4. The van der Waals surface area contributed by atoms with E-state index < -0.39 is 6.10 Å². The number of fused-ring (bicyclic) bond motifs is 1. The lowest BCUT2D eigenvalue weighted by molar-refractivity contribution is 0.0261. The number of carbonyl (C=O) groups excluding carboxylic acids is 1. The van der Waals surface area contributed by atoms with Crippen LogP contribution in [0.3, 0.4) is 0 Å². The van der Waals surface area contributed by atoms with Gasteiger partial charge in [0.05, 0.1) is 37.0 Å². The van der Waals surface area contributed by atoms with Gasteiger partial charge in [-0.3, -0.25) is 0 Å². The maximum atomic E-state index is 12.4. The second-order valence-corrected chi connectivity index (χ2v) is 9.20. The summed E-state index contributed by atoms with van der Waals surface area (Å²) in [5.74, 6) is 1.85. The van der Waals surface area contributed by atoms with Crippen molar-refractivity contribution >= 4 is 11.7 Å². The lowest BCUT2D eigenvalue weighted by atomic mass is 9.83. The third-order valence-electron chi connectivity index (χ3n) is 6.44. The molecule has 0 radical (unpaired) electrons. The van der Waals surface area contributed by atoms with E-state index in [1.54, 1.807) is 11.0 Å². The van der Waals surface area contributed by atoms with E-state index in [2.05, 4.69) is 27.6 Å². The van der Waals surface area contributed by atoms with E-state index in [-0.39, 0.29) is 30.0 Å². The molecule has 1 saturated heterocycles. The highest BCUT2D eigenvalue weighted by atomic mass is 16.5. The first-order chi connectivity index (χ1) is 15.9. The first-order valence-electron chi connectivity index (χ1n) is 11.4. The highest BCUT2D eigenvalue weighted by Crippen LogP contribution is 2.44. The molecule has 0 spiro atoms. The molecule has 2 heterocycles. The fourth-order valence-corrected chi connectivity index (χ4v) is 4.80. The molecular formula is C24H29N5O4. The summed E-state index contributed by atoms with van der Waals surface area (Å²) in [6.07, 6.45) is 7.58. The summed E-state index contributed by atoms with van der Waals surface area (Å²) in [6, 6.07) is 5.32. The maximum Gasteiger partial charge on any atom is 0.318 e. The number of anilines is 1. The van der Waals surface area contributed by atoms with Gasteiger partial charge in [-0.2, -0.15) is 4.98 Å². The molecule has 9 heteroatoms. The van der Waals surface area contributed by atoms with Crippen molar-refractivity contribution in [2.24, 2.45) is 5.92 Å². The number of nitrogen functional groups attached to an aromatic ring is 1. The number of hydrogen-bond donors (Lipinski definition) is 3. The number of benzene rings is 1. The zero-order valence-corrected chi connectivity index (χ0v) is 18.8. The Morgan fingerprint density at radius 3 is 2.88 bits per heavy atom. The van der Waals surface area contributed by atoms with Crippen molar-refractivity contribution in [1.29, 1.82) is 0 Å². The van der Waals surface area contributed by atoms with Crippen molar-refractivity contribution in [3.8, 4) is 17.2 Å². The standard InChI is InChI=1S/C24H29N5O4/c1-13(2)32-21-9-6-14(10-19(21)25)23-27-22(28-33-23)18-5-3-4-17-16(18)7-8-20(17)26-24(31)29-11-15(30)12-29/h3-6,9-10,13,15-16,18,20,30H,7-8,11-12,25H2,1-2H3,(H,26,31)/t16?,18?,20-/m0/s1. The number of rotatable bonds is 5. The van der Waals surface area contributed by atoms with Crippen LogP contribution in [0, 0.1) is 5.92 Å². The quantitative estimate of drug-likeness (QED) is 0.597. The Balaban J connectivity index is 1.29. The number of nitrogens with zero attached hydrogens (tertiary/aromatic N) is 3. The summed E-state index contributed by atoms with van der Waals surface area (Å²) in [7, 11) is 0. The molecule has 0 bridgehead atoms. The monoisotopic (exact) mass is 451 g/mol. The van der Waals surface area contributed by atoms with Gasteiger partial charge in [-0.1, -0.05) is 23.4 Å². The number of ether oxygens (including phenoxy) is 1. The highest BCUT2D eigenvalue weighted by Gasteiger charge is 2.40. The molecule has 33 heavy (non-hydrogen) atoms. The van der Waals surface area contributed by atoms with E-state index in [0.717, 1.165) is 18.4 Å². The van der Waals surface area contributed by atoms with Crippen molar-refractivity contribution in [3.05, 3.63) is 47.8 Å². The van der Waals surface area contributed by atoms with Crippen LogP contribution in [0.5, 0.6) is 5.75 Å². The molecule has 3 atom stereocenters. The van der Waals surface area contributed by atoms with Crippen LogP contribution in [0.4, 0.5) is 10.5 Å². The third kappa shape index (κ3) is 4.20. The molecule has 5 rings (SSSR count). The van der Waals surface area contributed by atoms with Crippen LogP contribution < -0.4 is 15.8 Å². The summed E-state index contributed by atoms with van der Waals surface area (Å²) >= 11 is 0. The van der Waals surface area contributed by atoms with Crippen molar-refractivity contribution < 1.29 is 19.2 Å². The highest BCUT2D eigenvalue weighted by molar-refractivity contribution is 5.76. The zero-order valence-electron chi connectivity index (χ0n) is 18.8. The van der Waals surface area contributed by atoms with Crippen LogP contribution in [0.1, 0.15) is 38.4 Å². The second kappa shape index (κ2) is 8.55. The van der Waals surface area contributed by atoms with Gasteiger partial charge >= 0.3 is 6.03 Å². The molecule has 1 saturated carbocycles. The minimum atomic E-state index is -0.407. The van der Waals surface area contributed by atoms with Crippen LogP contribution in [0.25, 0.3) is 11.5 Å². The summed E-state index contributed by atoms with van der Waals surface area (Å²) < 4.78 is 11.3. The Kier molecular flexibility index (Phi) is 5.57. The first kappa shape index (κ1) is 21.5. The van der Waals surface area contributed by atoms with Crippen LogP contribution >= 0.6 is 0 Å². The number of β-amino-alcohol motifs (C(OH)–C–C–N with tert-alkyl or cyclic N) is 1. The van der Waals surface area contributed by atoms with Crippen molar-refractivity contribution in [2.75, 3.05) is 18.8 Å². The largest absolute Gasteiger partial charge is 0.489 e. The number of urea groups is 1. The molecule has 2 amide bonds. The second-order valence-electron chi connectivity index (χ2n) is 9.20. The molecule has 3 aliphatic rings. The van der Waals surface area contributed by atoms with E-state index in [1.165, 1.54) is 5.57 Å². The number of aromatic nitrogens is 2. The van der Waals surface area contributed by atoms with E-state index in [1.807, 2.05) is 32.1 Å². The number of likely N-dealkylation sites (tertiary alicyclic amines) is 1. The summed E-state index contributed by atoms with van der Waals surface area (Å²) in [5.41, 5.74) is 8.59. The van der Waals surface area contributed by atoms with Crippen molar-refractivity contribution in [3.63, 3.8) is 0 Å². The van der Waals surface area contributed by atoms with Crippen molar-refractivity contribution in [1.82, 2.24) is 20.4 Å². The van der Waals surface area contributed by atoms with Crippen LogP contribution in [-0.2, 0) is 0 Å². The molecule has 2 aromatic rings. The van der Waals surface area contributed by atoms with E-state index in [0.29, 0.717) is 36.2 Å². The zero-order chi connectivity index (χ0) is 23.1. The summed E-state index contributed by atoms with van der Waals surface area (Å²) in [6.45, 7) is 4.69. The van der Waals surface area contributed by atoms with Crippen molar-refractivity contribution in [2.45, 2.75) is 50.9 Å². The van der Waals surface area contributed by atoms with Gasteiger partial charge in [-0.05, 0) is 56.4 Å². The topological polar surface area (TPSA) is 127 Å². The Morgan fingerprint density at radius 1 is 1.33 bits per heavy atom. The first-order valence-corrected chi connectivity index (χ1v) is 11.4. The van der Waals surface area contributed by atoms with E-state index >= 15 is 0 Å². The fourth-order valence-electron chi connectivity index (χ4n) is 4.80. The molecule has 2 aliphatic carbocycles. The van der Waals surface area contributed by atoms with Crippen LogP contribution in [0.2, 0.25) is 0 Å². The number of nitrogens with one attached hydrogen (secondary N) is 1. The summed E-state index contributed by atoms with van der Waals surface area (Å²) in [4.78, 5) is 18.7. The van der Waals surface area contributed by atoms with Gasteiger partial charge in [0.25, 0.3) is 5.89 Å². The molecule has 1 aromatic heterocycles. The Bertz CT molecular complexity index is 1100. The van der Waals surface area contributed by atoms with Gasteiger partial charge in [0.1, 0.15) is 5.75 Å². The average Bonchev–Trinajstić information content (AvgIpc) is 3.40. The molecule has 2 unspecified atom stereocenters. The van der Waals surface area contributed by atoms with Gasteiger partial charge in [0.2, 0.25) is 0 Å². The molecule has 174 valence electrons. The predicted octanol–water partition coefficient (Wildman–Crippen LogP) is 2.85. The Labute approximate surface area is 192 Å². The van der Waals surface area contributed by atoms with Gasteiger partial charge in [0, 0.05) is 11.5 Å². The van der Waals surface area contributed by atoms with E-state index in [4.69, 9.17) is 15.0 Å². The third-order valence-corrected chi connectivity index (χ3v) is 6.44. The fraction of sp³-hybridized carbons (Fsp3) is 0.458. The number of nitrogens with two attached hydrogens (primary N) is 1. The van der Waals surface area contributed by atoms with Gasteiger partial charge in [-0.15, -0.1) is 0 Å². The van der Waals surface area contributed by atoms with Crippen LogP contribution in [-0.4, -0.2) is 57.5 Å². The summed E-state index contributed by atoms with van der Waals surface area (Å²) in [5, 5.41) is 16.8. The smallest absolute Gasteiger partial charge is 0.318 e. The maximum absolute atomic E-state index is 12.4. The van der Waals surface area contributed by atoms with Crippen LogP contribution in [0.15, 0.2) is 46.5 Å². The molecule has 9 nitrogen and oxygen atoms in total. The Morgan fingerprint density at radius 2 is 2.15 bits per heavy atom. The lowest BCUT2D eigenvalue weighted by Crippen LogP contribution is -2.58. The van der Waals surface area contributed by atoms with Gasteiger partial charge < -0.3 is 30.3 Å².